The van der Waals surface area contributed by atoms with Crippen LogP contribution in [0.2, 0.25) is 0 Å². The smallest absolute Gasteiger partial charge is 0.162 e. The monoisotopic (exact) mass is 284 g/mol. The Morgan fingerprint density at radius 3 is 2.52 bits per heavy atom. The summed E-state index contributed by atoms with van der Waals surface area (Å²) >= 11 is 0. The molecule has 2 rings (SSSR count). The van der Waals surface area contributed by atoms with Crippen LogP contribution in [-0.4, -0.2) is 15.8 Å². The highest BCUT2D eigenvalue weighted by atomic mass is 16.1. The first-order valence-corrected chi connectivity index (χ1v) is 7.88. The maximum Gasteiger partial charge on any atom is 0.162 e. The van der Waals surface area contributed by atoms with Crippen molar-refractivity contribution in [3.05, 3.63) is 53.6 Å². The van der Waals surface area contributed by atoms with Crippen molar-refractivity contribution in [2.24, 2.45) is 0 Å². The lowest BCUT2D eigenvalue weighted by Gasteiger charge is -2.14. The fraction of sp³-hybridized carbons (Fsp3) is 0.444. The first kappa shape index (κ1) is 15.5. The summed E-state index contributed by atoms with van der Waals surface area (Å²) in [6.07, 6.45) is 8.47. The molecule has 1 N–H and O–H groups in total. The number of H-pyrrole nitrogens is 1. The number of unbranched alkanes of at least 4 members (excludes halogenated alkanes) is 1. The maximum absolute atomic E-state index is 12.0. The van der Waals surface area contributed by atoms with Crippen molar-refractivity contribution in [1.82, 2.24) is 9.97 Å². The van der Waals surface area contributed by atoms with Crippen LogP contribution in [0.5, 0.6) is 0 Å². The van der Waals surface area contributed by atoms with Gasteiger partial charge in [0.2, 0.25) is 0 Å². The van der Waals surface area contributed by atoms with E-state index >= 15 is 0 Å². The number of carbonyl (C=O) groups is 1. The third-order valence-corrected chi connectivity index (χ3v) is 3.82. The normalized spacial score (nSPS) is 12.3. The van der Waals surface area contributed by atoms with Gasteiger partial charge in [0.15, 0.2) is 5.78 Å². The Morgan fingerprint density at radius 1 is 1.19 bits per heavy atom. The third-order valence-electron chi connectivity index (χ3n) is 3.82. The summed E-state index contributed by atoms with van der Waals surface area (Å²) in [7, 11) is 0. The summed E-state index contributed by atoms with van der Waals surface area (Å²) in [5, 5.41) is 0. The molecule has 1 atom stereocenters. The fourth-order valence-electron chi connectivity index (χ4n) is 2.60. The standard InChI is InChI=1S/C18H24N2O/c1-3-5-7-17(21)15-10-8-14(9-11-15)16(6-4-2)18-19-12-13-20-18/h8-13,16H,3-7H2,1-2H3,(H,19,20). The zero-order chi connectivity index (χ0) is 15.1. The summed E-state index contributed by atoms with van der Waals surface area (Å²) in [5.74, 6) is 1.53. The number of aromatic amines is 1. The van der Waals surface area contributed by atoms with Gasteiger partial charge in [-0.1, -0.05) is 51.0 Å². The molecule has 3 heteroatoms. The number of ketones is 1. The number of imidazole rings is 1. The minimum Gasteiger partial charge on any atom is -0.348 e. The van der Waals surface area contributed by atoms with Crippen LogP contribution in [0.4, 0.5) is 0 Å². The second kappa shape index (κ2) is 7.77. The number of hydrogen-bond acceptors (Lipinski definition) is 2. The number of Topliss-reactive ketones (excluding diaryl/α,β-unsaturated/α-hetero) is 1. The Balaban J connectivity index is 2.14. The maximum atomic E-state index is 12.0. The first-order chi connectivity index (χ1) is 10.3. The molecule has 0 aliphatic carbocycles. The van der Waals surface area contributed by atoms with Crippen LogP contribution in [0.1, 0.15) is 73.6 Å². The molecule has 0 fully saturated rings. The molecule has 0 spiro atoms. The predicted molar refractivity (Wildman–Crippen MR) is 85.6 cm³/mol. The Labute approximate surface area is 126 Å². The molecular formula is C18H24N2O. The van der Waals surface area contributed by atoms with Gasteiger partial charge in [-0.3, -0.25) is 4.79 Å². The minimum absolute atomic E-state index is 0.244. The van der Waals surface area contributed by atoms with Crippen molar-refractivity contribution in [1.29, 1.82) is 0 Å². The molecule has 0 aliphatic rings. The highest BCUT2D eigenvalue weighted by Gasteiger charge is 2.16. The van der Waals surface area contributed by atoms with Crippen molar-refractivity contribution < 1.29 is 4.79 Å². The fourth-order valence-corrected chi connectivity index (χ4v) is 2.60. The van der Waals surface area contributed by atoms with Crippen LogP contribution in [0, 0.1) is 0 Å². The molecule has 1 unspecified atom stereocenters. The molecule has 0 bridgehead atoms. The molecule has 0 aliphatic heterocycles. The van der Waals surface area contributed by atoms with Crippen LogP contribution in [0.25, 0.3) is 0 Å². The summed E-state index contributed by atoms with van der Waals surface area (Å²) in [6, 6.07) is 8.06. The predicted octanol–water partition coefficient (Wildman–Crippen LogP) is 4.71. The molecule has 21 heavy (non-hydrogen) atoms. The van der Waals surface area contributed by atoms with Gasteiger partial charge in [0, 0.05) is 30.3 Å². The molecule has 0 saturated heterocycles. The highest BCUT2D eigenvalue weighted by Crippen LogP contribution is 2.27. The molecule has 0 saturated carbocycles. The van der Waals surface area contributed by atoms with Gasteiger partial charge in [-0.15, -0.1) is 0 Å². The topological polar surface area (TPSA) is 45.8 Å². The average molecular weight is 284 g/mol. The Kier molecular flexibility index (Phi) is 5.73. The third kappa shape index (κ3) is 4.03. The van der Waals surface area contributed by atoms with Crippen LogP contribution >= 0.6 is 0 Å². The summed E-state index contributed by atoms with van der Waals surface area (Å²) < 4.78 is 0. The molecule has 1 aromatic heterocycles. The van der Waals surface area contributed by atoms with Crippen molar-refractivity contribution in [3.63, 3.8) is 0 Å². The Bertz CT molecular complexity index is 543. The molecule has 0 radical (unpaired) electrons. The number of nitrogens with one attached hydrogen (secondary N) is 1. The van der Waals surface area contributed by atoms with E-state index in [1.807, 2.05) is 18.3 Å². The molecule has 1 heterocycles. The second-order valence-corrected chi connectivity index (χ2v) is 5.46. The van der Waals surface area contributed by atoms with Gasteiger partial charge >= 0.3 is 0 Å². The van der Waals surface area contributed by atoms with Gasteiger partial charge in [-0.05, 0) is 18.4 Å². The largest absolute Gasteiger partial charge is 0.348 e. The first-order valence-electron chi connectivity index (χ1n) is 7.88. The minimum atomic E-state index is 0.244. The van der Waals surface area contributed by atoms with Crippen LogP contribution in [-0.2, 0) is 0 Å². The SMILES string of the molecule is CCCCC(=O)c1ccc(C(CCC)c2ncc[nH]2)cc1. The number of rotatable bonds is 8. The Hall–Kier alpha value is -1.90. The zero-order valence-corrected chi connectivity index (χ0v) is 12.9. The zero-order valence-electron chi connectivity index (χ0n) is 12.9. The van der Waals surface area contributed by atoms with Crippen LogP contribution in [0.15, 0.2) is 36.7 Å². The highest BCUT2D eigenvalue weighted by molar-refractivity contribution is 5.96. The number of hydrogen-bond donors (Lipinski definition) is 1. The molecule has 1 aromatic carbocycles. The van der Waals surface area contributed by atoms with Crippen molar-refractivity contribution in [2.75, 3.05) is 0 Å². The molecule has 2 aromatic rings. The summed E-state index contributed by atoms with van der Waals surface area (Å²) in [4.78, 5) is 19.6. The van der Waals surface area contributed by atoms with Crippen molar-refractivity contribution >= 4 is 5.78 Å². The number of nitrogens with zero attached hydrogens (tertiary/aromatic N) is 1. The lowest BCUT2D eigenvalue weighted by atomic mass is 9.92. The van der Waals surface area contributed by atoms with Crippen LogP contribution < -0.4 is 0 Å². The Morgan fingerprint density at radius 2 is 1.95 bits per heavy atom. The van der Waals surface area contributed by atoms with E-state index in [4.69, 9.17) is 0 Å². The van der Waals surface area contributed by atoms with E-state index in [9.17, 15) is 4.79 Å². The summed E-state index contributed by atoms with van der Waals surface area (Å²) in [6.45, 7) is 4.29. The van der Waals surface area contributed by atoms with E-state index in [1.54, 1.807) is 6.20 Å². The van der Waals surface area contributed by atoms with Gasteiger partial charge in [0.1, 0.15) is 5.82 Å². The number of aromatic nitrogens is 2. The lowest BCUT2D eigenvalue weighted by Crippen LogP contribution is -2.04. The van der Waals surface area contributed by atoms with Gasteiger partial charge < -0.3 is 4.98 Å². The van der Waals surface area contributed by atoms with Crippen molar-refractivity contribution in [2.45, 2.75) is 51.9 Å². The van der Waals surface area contributed by atoms with E-state index in [-0.39, 0.29) is 11.7 Å². The quantitative estimate of drug-likeness (QED) is 0.713. The van der Waals surface area contributed by atoms with Crippen molar-refractivity contribution in [3.8, 4) is 0 Å². The molecule has 3 nitrogen and oxygen atoms in total. The van der Waals surface area contributed by atoms with E-state index in [0.717, 1.165) is 37.1 Å². The average Bonchev–Trinajstić information content (AvgIpc) is 3.04. The second-order valence-electron chi connectivity index (χ2n) is 5.46. The van der Waals surface area contributed by atoms with E-state index in [0.29, 0.717) is 6.42 Å². The van der Waals surface area contributed by atoms with E-state index < -0.39 is 0 Å². The van der Waals surface area contributed by atoms with Gasteiger partial charge in [0.05, 0.1) is 0 Å². The summed E-state index contributed by atoms with van der Waals surface area (Å²) in [5.41, 5.74) is 2.04. The van der Waals surface area contributed by atoms with Crippen LogP contribution in [0.3, 0.4) is 0 Å². The molecule has 0 amide bonds. The van der Waals surface area contributed by atoms with Gasteiger partial charge in [0.25, 0.3) is 0 Å². The molecular weight excluding hydrogens is 260 g/mol. The van der Waals surface area contributed by atoms with E-state index in [1.165, 1.54) is 5.56 Å². The van der Waals surface area contributed by atoms with E-state index in [2.05, 4.69) is 35.9 Å². The number of carbonyl (C=O) groups excluding carboxylic acids is 1. The van der Waals surface area contributed by atoms with Gasteiger partial charge in [-0.25, -0.2) is 4.98 Å². The molecule has 112 valence electrons. The number of benzene rings is 1. The van der Waals surface area contributed by atoms with Gasteiger partial charge in [-0.2, -0.15) is 0 Å². The lowest BCUT2D eigenvalue weighted by molar-refractivity contribution is 0.0980.